The summed E-state index contributed by atoms with van der Waals surface area (Å²) in [6.45, 7) is 13.1. The van der Waals surface area contributed by atoms with Gasteiger partial charge in [-0.15, -0.1) is 0 Å². The summed E-state index contributed by atoms with van der Waals surface area (Å²) in [7, 11) is 0. The number of aliphatic hydroxyl groups is 1. The average molecular weight is 501 g/mol. The highest BCUT2D eigenvalue weighted by atomic mass is 16.4. The van der Waals surface area contributed by atoms with Crippen molar-refractivity contribution in [3.05, 3.63) is 94.0 Å². The summed E-state index contributed by atoms with van der Waals surface area (Å²) in [5.74, 6) is -0.810. The van der Waals surface area contributed by atoms with Crippen LogP contribution in [0.2, 0.25) is 0 Å². The van der Waals surface area contributed by atoms with E-state index in [4.69, 9.17) is 5.11 Å². The van der Waals surface area contributed by atoms with Gasteiger partial charge in [-0.05, 0) is 96.9 Å². The normalized spacial score (nSPS) is 12.1. The molecule has 0 amide bonds. The molecule has 198 valence electrons. The van der Waals surface area contributed by atoms with Crippen LogP contribution < -0.4 is 0 Å². The van der Waals surface area contributed by atoms with Crippen molar-refractivity contribution < 1.29 is 15.0 Å². The molecule has 3 rings (SSSR count). The van der Waals surface area contributed by atoms with Crippen molar-refractivity contribution in [3.8, 4) is 11.1 Å². The van der Waals surface area contributed by atoms with E-state index >= 15 is 0 Å². The van der Waals surface area contributed by atoms with Crippen molar-refractivity contribution >= 4 is 5.97 Å². The lowest BCUT2D eigenvalue weighted by Crippen LogP contribution is -2.28. The Hall–Kier alpha value is -2.91. The molecule has 0 atom stereocenters. The van der Waals surface area contributed by atoms with Gasteiger partial charge in [0, 0.05) is 5.41 Å². The maximum Gasteiger partial charge on any atom is 0.307 e. The molecule has 0 heterocycles. The lowest BCUT2D eigenvalue weighted by molar-refractivity contribution is -0.136. The largest absolute Gasteiger partial charge is 0.481 e. The molecule has 3 aromatic carbocycles. The van der Waals surface area contributed by atoms with Gasteiger partial charge in [0.05, 0.1) is 12.0 Å². The van der Waals surface area contributed by atoms with Crippen molar-refractivity contribution in [2.24, 2.45) is 0 Å². The zero-order valence-electron chi connectivity index (χ0n) is 23.5. The first kappa shape index (κ1) is 28.7. The molecule has 0 radical (unpaired) electrons. The molecule has 0 fully saturated rings. The van der Waals surface area contributed by atoms with Gasteiger partial charge in [0.25, 0.3) is 0 Å². The van der Waals surface area contributed by atoms with Crippen LogP contribution in [0.4, 0.5) is 0 Å². The molecule has 3 aromatic rings. The Morgan fingerprint density at radius 1 is 0.757 bits per heavy atom. The molecular formula is C34H44O3. The summed E-state index contributed by atoms with van der Waals surface area (Å²) in [6.07, 6.45) is 5.34. The number of aryl methyl sites for hydroxylation is 3. The Balaban J connectivity index is 1.92. The second kappa shape index (κ2) is 12.1. The molecular weight excluding hydrogens is 456 g/mol. The minimum Gasteiger partial charge on any atom is -0.481 e. The molecule has 0 aliphatic carbocycles. The highest BCUT2D eigenvalue weighted by Gasteiger charge is 2.31. The van der Waals surface area contributed by atoms with Crippen LogP contribution in [0, 0.1) is 13.8 Å². The summed E-state index contributed by atoms with van der Waals surface area (Å²) in [5, 5.41) is 19.8. The first-order chi connectivity index (χ1) is 17.6. The second-order valence-electron chi connectivity index (χ2n) is 10.7. The van der Waals surface area contributed by atoms with Gasteiger partial charge >= 0.3 is 5.97 Å². The Morgan fingerprint density at radius 3 is 1.81 bits per heavy atom. The molecule has 0 unspecified atom stereocenters. The molecule has 2 N–H and O–H groups in total. The third kappa shape index (κ3) is 6.33. The third-order valence-corrected chi connectivity index (χ3v) is 8.68. The van der Waals surface area contributed by atoms with E-state index in [-0.39, 0.29) is 11.8 Å². The van der Waals surface area contributed by atoms with Crippen molar-refractivity contribution in [1.29, 1.82) is 0 Å². The van der Waals surface area contributed by atoms with Crippen LogP contribution in [0.15, 0.2) is 60.7 Å². The van der Waals surface area contributed by atoms with E-state index < -0.39 is 11.6 Å². The average Bonchev–Trinajstić information content (AvgIpc) is 2.89. The monoisotopic (exact) mass is 500 g/mol. The Bertz CT molecular complexity index is 1200. The van der Waals surface area contributed by atoms with Crippen molar-refractivity contribution in [3.63, 3.8) is 0 Å². The van der Waals surface area contributed by atoms with Gasteiger partial charge in [-0.3, -0.25) is 4.79 Å². The zero-order chi connectivity index (χ0) is 27.2. The number of carbonyl (C=O) groups is 1. The number of benzene rings is 3. The molecule has 0 spiro atoms. The minimum atomic E-state index is -0.810. The molecule has 0 saturated carbocycles. The van der Waals surface area contributed by atoms with Crippen LogP contribution >= 0.6 is 0 Å². The second-order valence-corrected chi connectivity index (χ2v) is 10.7. The molecule has 37 heavy (non-hydrogen) atoms. The van der Waals surface area contributed by atoms with Gasteiger partial charge in [-0.25, -0.2) is 0 Å². The number of carboxylic acid groups (broad SMARTS) is 1. The SMILES string of the molecule is CCC(O)(CC)CCc1ccc(C(CC)(CC)c2ccc(-c3ccc(CC(=O)O)cc3)c(C)c2)cc1C. The summed E-state index contributed by atoms with van der Waals surface area (Å²) < 4.78 is 0. The van der Waals surface area contributed by atoms with Crippen LogP contribution in [0.1, 0.15) is 93.2 Å². The molecule has 0 saturated heterocycles. The Labute approximate surface area is 223 Å². The maximum absolute atomic E-state index is 11.0. The van der Waals surface area contributed by atoms with Crippen LogP contribution in [-0.2, 0) is 23.1 Å². The number of carboxylic acids is 1. The van der Waals surface area contributed by atoms with Gasteiger partial charge < -0.3 is 10.2 Å². The molecule has 0 aliphatic heterocycles. The van der Waals surface area contributed by atoms with E-state index in [0.29, 0.717) is 0 Å². The van der Waals surface area contributed by atoms with E-state index in [1.165, 1.54) is 33.4 Å². The van der Waals surface area contributed by atoms with Crippen LogP contribution in [0.25, 0.3) is 11.1 Å². The van der Waals surface area contributed by atoms with Crippen LogP contribution in [0.5, 0.6) is 0 Å². The van der Waals surface area contributed by atoms with E-state index in [2.05, 4.69) is 77.9 Å². The molecule has 0 aromatic heterocycles. The lowest BCUT2D eigenvalue weighted by atomic mass is 9.69. The highest BCUT2D eigenvalue weighted by Crippen LogP contribution is 2.41. The van der Waals surface area contributed by atoms with Crippen molar-refractivity contribution in [2.75, 3.05) is 0 Å². The first-order valence-corrected chi connectivity index (χ1v) is 13.9. The smallest absolute Gasteiger partial charge is 0.307 e. The molecule has 3 heteroatoms. The predicted molar refractivity (Wildman–Crippen MR) is 154 cm³/mol. The van der Waals surface area contributed by atoms with Gasteiger partial charge in [0.1, 0.15) is 0 Å². The van der Waals surface area contributed by atoms with E-state index in [9.17, 15) is 9.90 Å². The fourth-order valence-electron chi connectivity index (χ4n) is 5.74. The first-order valence-electron chi connectivity index (χ1n) is 13.9. The summed E-state index contributed by atoms with van der Waals surface area (Å²) >= 11 is 0. The summed E-state index contributed by atoms with van der Waals surface area (Å²) in [6, 6.07) is 21.6. The third-order valence-electron chi connectivity index (χ3n) is 8.68. The number of hydrogen-bond donors (Lipinski definition) is 2. The van der Waals surface area contributed by atoms with E-state index in [1.807, 2.05) is 24.3 Å². The van der Waals surface area contributed by atoms with Gasteiger partial charge in [0.2, 0.25) is 0 Å². The highest BCUT2D eigenvalue weighted by molar-refractivity contribution is 5.72. The standard InChI is InChI=1S/C34H44O3/c1-7-33(37,8-2)20-19-27-15-16-29(21-24(27)5)34(9-3,10-4)30-17-18-31(25(6)22-30)28-13-11-26(12-14-28)23-32(35)36/h11-18,21-22,37H,7-10,19-20,23H2,1-6H3,(H,35,36). The fraction of sp³-hybridized carbons (Fsp3) is 0.441. The van der Waals surface area contributed by atoms with Crippen molar-refractivity contribution in [2.45, 2.75) is 97.5 Å². The summed E-state index contributed by atoms with van der Waals surface area (Å²) in [4.78, 5) is 11.0. The number of rotatable bonds is 12. The lowest BCUT2D eigenvalue weighted by Gasteiger charge is -2.34. The summed E-state index contributed by atoms with van der Waals surface area (Å²) in [5.41, 5.74) is 8.99. The maximum atomic E-state index is 11.0. The Morgan fingerprint density at radius 2 is 1.32 bits per heavy atom. The fourth-order valence-corrected chi connectivity index (χ4v) is 5.74. The van der Waals surface area contributed by atoms with Crippen LogP contribution in [-0.4, -0.2) is 21.8 Å². The predicted octanol–water partition coefficient (Wildman–Crippen LogP) is 8.19. The number of aliphatic carboxylic acids is 1. The van der Waals surface area contributed by atoms with Gasteiger partial charge in [-0.1, -0.05) is 88.4 Å². The minimum absolute atomic E-state index is 0.0456. The quantitative estimate of drug-likeness (QED) is 0.263. The molecule has 0 bridgehead atoms. The molecule has 0 aliphatic rings. The van der Waals surface area contributed by atoms with E-state index in [1.54, 1.807) is 0 Å². The van der Waals surface area contributed by atoms with Gasteiger partial charge in [0.15, 0.2) is 0 Å². The zero-order valence-corrected chi connectivity index (χ0v) is 23.5. The number of hydrogen-bond acceptors (Lipinski definition) is 2. The van der Waals surface area contributed by atoms with Crippen molar-refractivity contribution in [1.82, 2.24) is 0 Å². The van der Waals surface area contributed by atoms with E-state index in [0.717, 1.165) is 49.7 Å². The molecule has 3 nitrogen and oxygen atoms in total. The Kier molecular flexibility index (Phi) is 9.36. The van der Waals surface area contributed by atoms with Gasteiger partial charge in [-0.2, -0.15) is 0 Å². The topological polar surface area (TPSA) is 57.5 Å². The van der Waals surface area contributed by atoms with Crippen LogP contribution in [0.3, 0.4) is 0 Å².